The molecular weight excluding hydrogens is 673 g/mol. The Hall–Kier alpha value is -6.55. The second-order valence-corrected chi connectivity index (χ2v) is 15.2. The van der Waals surface area contributed by atoms with E-state index in [-0.39, 0.29) is 0 Å². The van der Waals surface area contributed by atoms with Crippen LogP contribution in [-0.4, -0.2) is 9.55 Å². The molecule has 2 heterocycles. The summed E-state index contributed by atoms with van der Waals surface area (Å²) in [4.78, 5) is 4.95. The standard InChI is InChI=1S/C51H34N2S/c1-2-48-52-44-19-9-10-20-45(44)53(48)37-27-25-33-29-36(24-23-34(33)30-37)49-38-15-6-7-16-39(38)50(43-31-35(26-28-40(43)49)32-13-4-3-5-14-32)42-18-12-22-47-51(42)41-17-8-11-21-46(41)54-47/h3-31H,2H2,1H3. The Kier molecular flexibility index (Phi) is 7.05. The first-order chi connectivity index (χ1) is 26.7. The molecule has 0 aliphatic carbocycles. The lowest BCUT2D eigenvalue weighted by Crippen LogP contribution is -2.00. The lowest BCUT2D eigenvalue weighted by Gasteiger charge is -2.20. The summed E-state index contributed by atoms with van der Waals surface area (Å²) in [7, 11) is 0. The molecule has 0 bridgehead atoms. The van der Waals surface area contributed by atoms with Crippen molar-refractivity contribution < 1.29 is 0 Å². The first kappa shape index (κ1) is 31.0. The van der Waals surface area contributed by atoms with E-state index in [1.54, 1.807) is 0 Å². The Bertz CT molecular complexity index is 3260. The maximum Gasteiger partial charge on any atom is 0.114 e. The zero-order chi connectivity index (χ0) is 35.8. The van der Waals surface area contributed by atoms with Gasteiger partial charge in [0.1, 0.15) is 5.82 Å². The Morgan fingerprint density at radius 2 is 1.17 bits per heavy atom. The molecule has 0 saturated carbocycles. The molecule has 11 aromatic rings. The predicted octanol–water partition coefficient (Wildman–Crippen LogP) is 14.4. The summed E-state index contributed by atoms with van der Waals surface area (Å²) in [5.74, 6) is 1.08. The number of thiophene rings is 1. The summed E-state index contributed by atoms with van der Waals surface area (Å²) in [5, 5.41) is 10.1. The molecule has 0 spiro atoms. The Morgan fingerprint density at radius 3 is 2.04 bits per heavy atom. The second kappa shape index (κ2) is 12.3. The van der Waals surface area contributed by atoms with Crippen LogP contribution in [0.5, 0.6) is 0 Å². The summed E-state index contributed by atoms with van der Waals surface area (Å²) >= 11 is 1.88. The summed E-state index contributed by atoms with van der Waals surface area (Å²) in [6, 6.07) is 64.8. The van der Waals surface area contributed by atoms with Crippen LogP contribution in [0, 0.1) is 0 Å². The van der Waals surface area contributed by atoms with Gasteiger partial charge in [-0.05, 0) is 114 Å². The van der Waals surface area contributed by atoms with Gasteiger partial charge in [-0.2, -0.15) is 0 Å². The molecule has 0 atom stereocenters. The number of fused-ring (bicyclic) bond motifs is 7. The number of nitrogens with zero attached hydrogens (tertiary/aromatic N) is 2. The first-order valence-electron chi connectivity index (χ1n) is 18.7. The topological polar surface area (TPSA) is 17.8 Å². The van der Waals surface area contributed by atoms with Gasteiger partial charge in [0.2, 0.25) is 0 Å². The molecule has 0 radical (unpaired) electrons. The van der Waals surface area contributed by atoms with E-state index in [1.807, 2.05) is 11.3 Å². The van der Waals surface area contributed by atoms with Crippen molar-refractivity contribution in [2.24, 2.45) is 0 Å². The van der Waals surface area contributed by atoms with E-state index >= 15 is 0 Å². The van der Waals surface area contributed by atoms with Gasteiger partial charge in [-0.25, -0.2) is 4.98 Å². The summed E-state index contributed by atoms with van der Waals surface area (Å²) < 4.78 is 4.95. The van der Waals surface area contributed by atoms with Crippen LogP contribution in [0.15, 0.2) is 176 Å². The average molecular weight is 707 g/mol. The van der Waals surface area contributed by atoms with E-state index in [9.17, 15) is 0 Å². The van der Waals surface area contributed by atoms with Crippen molar-refractivity contribution >= 4 is 74.9 Å². The highest BCUT2D eigenvalue weighted by Gasteiger charge is 2.21. The summed E-state index contributed by atoms with van der Waals surface area (Å²) in [6.45, 7) is 2.18. The largest absolute Gasteiger partial charge is 0.296 e. The van der Waals surface area contributed by atoms with Crippen LogP contribution < -0.4 is 0 Å². The molecule has 0 amide bonds. The van der Waals surface area contributed by atoms with Crippen LogP contribution >= 0.6 is 11.3 Å². The summed E-state index contributed by atoms with van der Waals surface area (Å²) in [6.07, 6.45) is 0.866. The highest BCUT2D eigenvalue weighted by atomic mass is 32.1. The zero-order valence-corrected chi connectivity index (χ0v) is 30.6. The number of hydrogen-bond donors (Lipinski definition) is 0. The van der Waals surface area contributed by atoms with Crippen LogP contribution in [0.25, 0.3) is 103 Å². The van der Waals surface area contributed by atoms with Gasteiger partial charge in [-0.3, -0.25) is 4.57 Å². The Balaban J connectivity index is 1.18. The van der Waals surface area contributed by atoms with Crippen LogP contribution in [0.3, 0.4) is 0 Å². The Morgan fingerprint density at radius 1 is 0.481 bits per heavy atom. The van der Waals surface area contributed by atoms with Crippen LogP contribution in [0.4, 0.5) is 0 Å². The molecule has 0 N–H and O–H groups in total. The number of imidazole rings is 1. The van der Waals surface area contributed by atoms with Gasteiger partial charge in [0.25, 0.3) is 0 Å². The molecule has 2 nitrogen and oxygen atoms in total. The fourth-order valence-electron chi connectivity index (χ4n) is 8.70. The first-order valence-corrected chi connectivity index (χ1v) is 19.5. The van der Waals surface area contributed by atoms with Gasteiger partial charge in [-0.15, -0.1) is 11.3 Å². The molecule has 11 rings (SSSR count). The lowest BCUT2D eigenvalue weighted by atomic mass is 9.83. The molecular formula is C51H34N2S. The quantitative estimate of drug-likeness (QED) is 0.163. The van der Waals surface area contributed by atoms with Crippen molar-refractivity contribution in [3.8, 4) is 39.1 Å². The van der Waals surface area contributed by atoms with Crippen molar-refractivity contribution in [3.63, 3.8) is 0 Å². The van der Waals surface area contributed by atoms with Crippen molar-refractivity contribution in [1.82, 2.24) is 9.55 Å². The maximum atomic E-state index is 4.95. The van der Waals surface area contributed by atoms with Crippen molar-refractivity contribution in [3.05, 3.63) is 182 Å². The average Bonchev–Trinajstić information content (AvgIpc) is 3.81. The number of aromatic nitrogens is 2. The van der Waals surface area contributed by atoms with Crippen molar-refractivity contribution in [1.29, 1.82) is 0 Å². The van der Waals surface area contributed by atoms with Crippen LogP contribution in [0.1, 0.15) is 12.7 Å². The third-order valence-electron chi connectivity index (χ3n) is 11.1. The monoisotopic (exact) mass is 706 g/mol. The Labute approximate surface area is 317 Å². The number of benzene rings is 9. The van der Waals surface area contributed by atoms with E-state index < -0.39 is 0 Å². The minimum absolute atomic E-state index is 0.866. The van der Waals surface area contributed by atoms with E-state index in [1.165, 1.54) is 85.9 Å². The molecule has 0 aliphatic rings. The van der Waals surface area contributed by atoms with Crippen LogP contribution in [-0.2, 0) is 6.42 Å². The molecule has 2 aromatic heterocycles. The molecule has 9 aromatic carbocycles. The van der Waals surface area contributed by atoms with E-state index in [0.29, 0.717) is 0 Å². The third kappa shape index (κ3) is 4.75. The molecule has 0 fully saturated rings. The lowest BCUT2D eigenvalue weighted by molar-refractivity contribution is 0.909. The fourth-order valence-corrected chi connectivity index (χ4v) is 9.83. The zero-order valence-electron chi connectivity index (χ0n) is 29.8. The number of rotatable bonds is 5. The SMILES string of the molecule is CCc1nc2ccccc2n1-c1ccc2cc(-c3c4ccccc4c(-c4cccc5sc6ccccc6c45)c4cc(-c5ccccc5)ccc34)ccc2c1. The fraction of sp³-hybridized carbons (Fsp3) is 0.0392. The van der Waals surface area contributed by atoms with Gasteiger partial charge in [-0.1, -0.05) is 134 Å². The molecule has 0 saturated heterocycles. The van der Waals surface area contributed by atoms with E-state index in [0.717, 1.165) is 29.0 Å². The van der Waals surface area contributed by atoms with Gasteiger partial charge in [0.15, 0.2) is 0 Å². The maximum absolute atomic E-state index is 4.95. The third-order valence-corrected chi connectivity index (χ3v) is 12.3. The molecule has 254 valence electrons. The van der Waals surface area contributed by atoms with Gasteiger partial charge in [0, 0.05) is 32.3 Å². The number of aryl methyl sites for hydroxylation is 1. The highest BCUT2D eigenvalue weighted by molar-refractivity contribution is 7.25. The van der Waals surface area contributed by atoms with Gasteiger partial charge < -0.3 is 0 Å². The molecule has 0 aliphatic heterocycles. The van der Waals surface area contributed by atoms with Crippen LogP contribution in [0.2, 0.25) is 0 Å². The number of para-hydroxylation sites is 2. The van der Waals surface area contributed by atoms with Gasteiger partial charge in [0.05, 0.1) is 11.0 Å². The molecule has 54 heavy (non-hydrogen) atoms. The summed E-state index contributed by atoms with van der Waals surface area (Å²) in [5.41, 5.74) is 10.8. The normalized spacial score (nSPS) is 11.9. The minimum atomic E-state index is 0.866. The second-order valence-electron chi connectivity index (χ2n) is 14.2. The molecule has 0 unspecified atom stereocenters. The predicted molar refractivity (Wildman–Crippen MR) is 232 cm³/mol. The molecule has 3 heteroatoms. The van der Waals surface area contributed by atoms with E-state index in [2.05, 4.69) is 187 Å². The highest BCUT2D eigenvalue weighted by Crippen LogP contribution is 2.49. The number of hydrogen-bond acceptors (Lipinski definition) is 2. The van der Waals surface area contributed by atoms with Crippen molar-refractivity contribution in [2.75, 3.05) is 0 Å². The van der Waals surface area contributed by atoms with Crippen molar-refractivity contribution in [2.45, 2.75) is 13.3 Å². The minimum Gasteiger partial charge on any atom is -0.296 e. The smallest absolute Gasteiger partial charge is 0.114 e. The van der Waals surface area contributed by atoms with E-state index in [4.69, 9.17) is 4.98 Å². The van der Waals surface area contributed by atoms with Gasteiger partial charge >= 0.3 is 0 Å².